The van der Waals surface area contributed by atoms with E-state index in [4.69, 9.17) is 0 Å². The molecule has 156 valence electrons. The van der Waals surface area contributed by atoms with E-state index in [-0.39, 0.29) is 16.8 Å². The third-order valence-electron chi connectivity index (χ3n) is 5.65. The highest BCUT2D eigenvalue weighted by atomic mass is 16.2. The van der Waals surface area contributed by atoms with E-state index in [0.717, 1.165) is 16.9 Å². The number of pyridine rings is 1. The van der Waals surface area contributed by atoms with Gasteiger partial charge in [0.05, 0.1) is 11.0 Å². The number of hydrogen-bond acceptors (Lipinski definition) is 4. The van der Waals surface area contributed by atoms with Crippen LogP contribution in [-0.4, -0.2) is 32.8 Å². The largest absolute Gasteiger partial charge is 0.352 e. The monoisotopic (exact) mass is 406 g/mol. The summed E-state index contributed by atoms with van der Waals surface area (Å²) >= 11 is 0. The zero-order valence-corrected chi connectivity index (χ0v) is 17.5. The number of Topliss-reactive ketones (excluding diaryl/α,β-unsaturated/α-hetero) is 1. The number of nitrogens with zero attached hydrogens (tertiary/aromatic N) is 2. The minimum absolute atomic E-state index is 0.00827. The third kappa shape index (κ3) is 3.79. The van der Waals surface area contributed by atoms with Gasteiger partial charge in [-0.25, -0.2) is 4.98 Å². The molecule has 7 nitrogen and oxygen atoms in total. The number of aryl methyl sites for hydroxylation is 2. The number of rotatable bonds is 5. The molecule has 0 atom stereocenters. The summed E-state index contributed by atoms with van der Waals surface area (Å²) in [7, 11) is 0. The Morgan fingerprint density at radius 1 is 1.23 bits per heavy atom. The van der Waals surface area contributed by atoms with Gasteiger partial charge in [0.1, 0.15) is 11.4 Å². The molecule has 0 saturated carbocycles. The maximum absolute atomic E-state index is 12.6. The first-order valence-electron chi connectivity index (χ1n) is 10.2. The Morgan fingerprint density at radius 2 is 2.00 bits per heavy atom. The number of nitrogens with one attached hydrogen (secondary N) is 2. The average molecular weight is 406 g/mol. The molecule has 1 aliphatic rings. The van der Waals surface area contributed by atoms with E-state index < -0.39 is 11.5 Å². The van der Waals surface area contributed by atoms with Crippen molar-refractivity contribution < 1.29 is 9.59 Å². The summed E-state index contributed by atoms with van der Waals surface area (Å²) in [6.07, 6.45) is 1.72. The number of fused-ring (bicyclic) bond motifs is 2. The van der Waals surface area contributed by atoms with Gasteiger partial charge in [0.2, 0.25) is 0 Å². The average Bonchev–Trinajstić information content (AvgIpc) is 2.98. The molecule has 0 fully saturated rings. The van der Waals surface area contributed by atoms with Crippen molar-refractivity contribution >= 4 is 22.7 Å². The molecule has 2 N–H and O–H groups in total. The minimum Gasteiger partial charge on any atom is -0.352 e. The number of amides is 1. The molecule has 2 aromatic heterocycles. The number of hydrogen-bond donors (Lipinski definition) is 2. The van der Waals surface area contributed by atoms with Gasteiger partial charge in [0, 0.05) is 30.8 Å². The fourth-order valence-corrected chi connectivity index (χ4v) is 4.21. The Kier molecular flexibility index (Phi) is 5.05. The summed E-state index contributed by atoms with van der Waals surface area (Å²) in [5.74, 6) is 0.438. The molecule has 4 rings (SSSR count). The Morgan fingerprint density at radius 3 is 2.80 bits per heavy atom. The van der Waals surface area contributed by atoms with Gasteiger partial charge in [-0.15, -0.1) is 0 Å². The molecule has 0 aliphatic heterocycles. The van der Waals surface area contributed by atoms with Crippen LogP contribution in [0.25, 0.3) is 11.0 Å². The first-order chi connectivity index (χ1) is 14.2. The van der Waals surface area contributed by atoms with Gasteiger partial charge in [-0.05, 0) is 43.4 Å². The molecule has 0 bridgehead atoms. The van der Waals surface area contributed by atoms with Crippen LogP contribution in [0.5, 0.6) is 0 Å². The van der Waals surface area contributed by atoms with Gasteiger partial charge in [-0.3, -0.25) is 14.4 Å². The lowest BCUT2D eigenvalue weighted by Crippen LogP contribution is -2.35. The molecule has 30 heavy (non-hydrogen) atoms. The fraction of sp³-hybridized carbons (Fsp3) is 0.391. The van der Waals surface area contributed by atoms with Crippen LogP contribution in [0.1, 0.15) is 58.9 Å². The summed E-state index contributed by atoms with van der Waals surface area (Å²) in [5.41, 5.74) is 2.45. The quantitative estimate of drug-likeness (QED) is 0.637. The van der Waals surface area contributed by atoms with E-state index >= 15 is 0 Å². The van der Waals surface area contributed by atoms with Crippen LogP contribution < -0.4 is 10.9 Å². The molecule has 0 saturated heterocycles. The van der Waals surface area contributed by atoms with Crippen molar-refractivity contribution in [3.63, 3.8) is 0 Å². The maximum Gasteiger partial charge on any atom is 0.261 e. The van der Waals surface area contributed by atoms with E-state index in [1.54, 1.807) is 0 Å². The zero-order valence-electron chi connectivity index (χ0n) is 17.5. The standard InChI is InChI=1S/C23H26N4O3/c1-14-25-17-7-4-5-8-19(17)27(14)10-6-9-24-21(29)16-11-15-18(26-22(16)30)12-23(2,3)13-20(15)28/h4-5,7-8,11H,6,9-10,12-13H2,1-3H3,(H,24,29)(H,26,30). The van der Waals surface area contributed by atoms with E-state index in [9.17, 15) is 14.4 Å². The Bertz CT molecular complexity index is 1200. The summed E-state index contributed by atoms with van der Waals surface area (Å²) < 4.78 is 2.12. The highest BCUT2D eigenvalue weighted by Gasteiger charge is 2.32. The van der Waals surface area contributed by atoms with Crippen LogP contribution in [0, 0.1) is 12.3 Å². The molecule has 1 aliphatic carbocycles. The summed E-state index contributed by atoms with van der Waals surface area (Å²) in [6, 6.07) is 9.40. The van der Waals surface area contributed by atoms with Gasteiger partial charge >= 0.3 is 0 Å². The van der Waals surface area contributed by atoms with E-state index in [1.165, 1.54) is 6.07 Å². The zero-order chi connectivity index (χ0) is 21.5. The normalized spacial score (nSPS) is 15.2. The predicted molar refractivity (Wildman–Crippen MR) is 115 cm³/mol. The molecule has 0 spiro atoms. The number of benzene rings is 1. The Balaban J connectivity index is 1.42. The molecule has 2 heterocycles. The van der Waals surface area contributed by atoms with Crippen molar-refractivity contribution in [2.45, 2.75) is 46.6 Å². The fourth-order valence-electron chi connectivity index (χ4n) is 4.21. The Labute approximate surface area is 174 Å². The van der Waals surface area contributed by atoms with Gasteiger partial charge in [0.25, 0.3) is 11.5 Å². The van der Waals surface area contributed by atoms with Crippen LogP contribution in [0.15, 0.2) is 35.1 Å². The van der Waals surface area contributed by atoms with Gasteiger partial charge in [-0.2, -0.15) is 0 Å². The molecule has 1 aromatic carbocycles. The van der Waals surface area contributed by atoms with Gasteiger partial charge in [-0.1, -0.05) is 26.0 Å². The van der Waals surface area contributed by atoms with Crippen LogP contribution in [0.2, 0.25) is 0 Å². The first kappa shape index (κ1) is 20.1. The smallest absolute Gasteiger partial charge is 0.261 e. The molecule has 7 heteroatoms. The van der Waals surface area contributed by atoms with Crippen molar-refractivity contribution in [1.82, 2.24) is 19.9 Å². The van der Waals surface area contributed by atoms with Crippen molar-refractivity contribution in [3.8, 4) is 0 Å². The number of para-hydroxylation sites is 2. The lowest BCUT2D eigenvalue weighted by atomic mass is 9.75. The predicted octanol–water partition coefficient (Wildman–Crippen LogP) is 3.01. The second-order valence-corrected chi connectivity index (χ2v) is 8.75. The first-order valence-corrected chi connectivity index (χ1v) is 10.2. The minimum atomic E-state index is -0.455. The third-order valence-corrected chi connectivity index (χ3v) is 5.65. The number of imidazole rings is 1. The summed E-state index contributed by atoms with van der Waals surface area (Å²) in [5, 5.41) is 2.80. The number of carbonyl (C=O) groups excluding carboxylic acids is 2. The topological polar surface area (TPSA) is 96.8 Å². The number of aromatic nitrogens is 3. The van der Waals surface area contributed by atoms with E-state index in [0.29, 0.717) is 43.6 Å². The lowest BCUT2D eigenvalue weighted by molar-refractivity contribution is 0.0910. The molecule has 0 unspecified atom stereocenters. The number of H-pyrrole nitrogens is 1. The van der Waals surface area contributed by atoms with Gasteiger partial charge < -0.3 is 14.9 Å². The van der Waals surface area contributed by atoms with Crippen molar-refractivity contribution in [2.24, 2.45) is 5.41 Å². The van der Waals surface area contributed by atoms with Crippen LogP contribution in [-0.2, 0) is 13.0 Å². The molecular weight excluding hydrogens is 380 g/mol. The summed E-state index contributed by atoms with van der Waals surface area (Å²) in [4.78, 5) is 44.7. The van der Waals surface area contributed by atoms with Crippen molar-refractivity contribution in [2.75, 3.05) is 6.54 Å². The van der Waals surface area contributed by atoms with E-state index in [2.05, 4.69) is 19.9 Å². The molecule has 3 aromatic rings. The number of aromatic amines is 1. The SMILES string of the molecule is Cc1nc2ccccc2n1CCCNC(=O)c1cc2c([nH]c1=O)CC(C)(C)CC2=O. The molecule has 0 radical (unpaired) electrons. The highest BCUT2D eigenvalue weighted by molar-refractivity contribution is 6.02. The molecule has 1 amide bonds. The van der Waals surface area contributed by atoms with E-state index in [1.807, 2.05) is 45.0 Å². The maximum atomic E-state index is 12.6. The summed E-state index contributed by atoms with van der Waals surface area (Å²) in [6.45, 7) is 7.09. The second-order valence-electron chi connectivity index (χ2n) is 8.75. The van der Waals surface area contributed by atoms with Crippen LogP contribution >= 0.6 is 0 Å². The Hall–Kier alpha value is -3.22. The lowest BCUT2D eigenvalue weighted by Gasteiger charge is -2.29. The highest BCUT2D eigenvalue weighted by Crippen LogP contribution is 2.33. The number of ketones is 1. The van der Waals surface area contributed by atoms with Crippen LogP contribution in [0.3, 0.4) is 0 Å². The molecular formula is C23H26N4O3. The number of carbonyl (C=O) groups is 2. The second kappa shape index (κ2) is 7.55. The van der Waals surface area contributed by atoms with Gasteiger partial charge in [0.15, 0.2) is 5.78 Å². The van der Waals surface area contributed by atoms with Crippen LogP contribution in [0.4, 0.5) is 0 Å². The van der Waals surface area contributed by atoms with Crippen molar-refractivity contribution in [3.05, 3.63) is 63.3 Å². The van der Waals surface area contributed by atoms with Crippen molar-refractivity contribution in [1.29, 1.82) is 0 Å².